The Morgan fingerprint density at radius 2 is 1.67 bits per heavy atom. The molecule has 0 saturated carbocycles. The van der Waals surface area contributed by atoms with Gasteiger partial charge in [0.15, 0.2) is 5.78 Å². The first-order chi connectivity index (χ1) is 20.0. The summed E-state index contributed by atoms with van der Waals surface area (Å²) in [4.78, 5) is 67.7. The number of carboxylic acid groups (broad SMARTS) is 1. The maximum atomic E-state index is 13.0. The summed E-state index contributed by atoms with van der Waals surface area (Å²) in [5.74, 6) is -3.73. The summed E-state index contributed by atoms with van der Waals surface area (Å²) in [5.41, 5.74) is 1.56. The number of aromatic nitrogens is 5. The SMILES string of the molecule is CC(C)[C@H](NC(=O)CCc1ccccc1)C(=O)N[C@@H](C)C(=O)NC(CC(=O)O)C(=O)Cn1nnc(-c2cccnc2)n1. The number of amides is 3. The number of carbonyl (C=O) groups is 5. The minimum atomic E-state index is -1.42. The van der Waals surface area contributed by atoms with Crippen LogP contribution in [0.5, 0.6) is 0 Å². The van der Waals surface area contributed by atoms with E-state index in [4.69, 9.17) is 0 Å². The molecule has 0 aliphatic rings. The normalized spacial score (nSPS) is 13.0. The van der Waals surface area contributed by atoms with Crippen molar-refractivity contribution in [3.05, 3.63) is 60.4 Å². The Morgan fingerprint density at radius 3 is 2.31 bits per heavy atom. The van der Waals surface area contributed by atoms with Crippen LogP contribution in [0, 0.1) is 5.92 Å². The van der Waals surface area contributed by atoms with E-state index in [2.05, 4.69) is 36.3 Å². The van der Waals surface area contributed by atoms with Crippen molar-refractivity contribution in [2.45, 2.75) is 64.7 Å². The summed E-state index contributed by atoms with van der Waals surface area (Å²) in [6, 6.07) is 9.39. The summed E-state index contributed by atoms with van der Waals surface area (Å²) in [5, 5.41) is 28.7. The molecule has 3 rings (SSSR count). The Labute approximate surface area is 242 Å². The number of hydrogen-bond acceptors (Lipinski definition) is 9. The first kappa shape index (κ1) is 31.5. The topological polar surface area (TPSA) is 198 Å². The molecular weight excluding hydrogens is 544 g/mol. The van der Waals surface area contributed by atoms with E-state index in [0.29, 0.717) is 12.0 Å². The molecule has 0 fully saturated rings. The van der Waals surface area contributed by atoms with E-state index in [1.165, 1.54) is 13.1 Å². The van der Waals surface area contributed by atoms with Crippen molar-refractivity contribution in [3.8, 4) is 11.4 Å². The van der Waals surface area contributed by atoms with E-state index < -0.39 is 54.7 Å². The van der Waals surface area contributed by atoms with Gasteiger partial charge >= 0.3 is 5.97 Å². The van der Waals surface area contributed by atoms with Gasteiger partial charge in [-0.1, -0.05) is 44.2 Å². The molecule has 0 radical (unpaired) electrons. The van der Waals surface area contributed by atoms with Crippen molar-refractivity contribution in [2.75, 3.05) is 0 Å². The Morgan fingerprint density at radius 1 is 0.929 bits per heavy atom. The summed E-state index contributed by atoms with van der Waals surface area (Å²) in [6.07, 6.45) is 3.09. The third-order valence-corrected chi connectivity index (χ3v) is 6.25. The van der Waals surface area contributed by atoms with Gasteiger partial charge in [-0.05, 0) is 42.2 Å². The Kier molecular flexibility index (Phi) is 11.3. The first-order valence-electron chi connectivity index (χ1n) is 13.4. The van der Waals surface area contributed by atoms with Crippen LogP contribution < -0.4 is 16.0 Å². The Bertz CT molecular complexity index is 1380. The second-order valence-corrected chi connectivity index (χ2v) is 10.0. The number of aryl methyl sites for hydroxylation is 1. The molecule has 0 saturated heterocycles. The monoisotopic (exact) mass is 578 g/mol. The smallest absolute Gasteiger partial charge is 0.305 e. The molecule has 2 aromatic heterocycles. The molecule has 0 spiro atoms. The van der Waals surface area contributed by atoms with E-state index in [-0.39, 0.29) is 24.1 Å². The predicted octanol–water partition coefficient (Wildman–Crippen LogP) is 0.542. The third-order valence-electron chi connectivity index (χ3n) is 6.25. The van der Waals surface area contributed by atoms with Gasteiger partial charge in [0.2, 0.25) is 23.5 Å². The number of hydrogen-bond donors (Lipinski definition) is 4. The van der Waals surface area contributed by atoms with Gasteiger partial charge in [0.25, 0.3) is 0 Å². The van der Waals surface area contributed by atoms with Crippen molar-refractivity contribution >= 4 is 29.5 Å². The van der Waals surface area contributed by atoms with Crippen molar-refractivity contribution in [1.82, 2.24) is 41.1 Å². The maximum Gasteiger partial charge on any atom is 0.305 e. The van der Waals surface area contributed by atoms with Crippen LogP contribution in [0.3, 0.4) is 0 Å². The molecule has 2 heterocycles. The van der Waals surface area contributed by atoms with Crippen molar-refractivity contribution in [2.24, 2.45) is 5.92 Å². The van der Waals surface area contributed by atoms with E-state index >= 15 is 0 Å². The lowest BCUT2D eigenvalue weighted by atomic mass is 10.0. The fourth-order valence-electron chi connectivity index (χ4n) is 3.94. The van der Waals surface area contributed by atoms with Crippen molar-refractivity contribution in [1.29, 1.82) is 0 Å². The van der Waals surface area contributed by atoms with E-state index in [0.717, 1.165) is 10.4 Å². The predicted molar refractivity (Wildman–Crippen MR) is 149 cm³/mol. The van der Waals surface area contributed by atoms with Gasteiger partial charge in [-0.3, -0.25) is 29.0 Å². The quantitative estimate of drug-likeness (QED) is 0.197. The number of carboxylic acids is 1. The van der Waals surface area contributed by atoms with Crippen LogP contribution in [-0.2, 0) is 36.9 Å². The second-order valence-electron chi connectivity index (χ2n) is 10.0. The van der Waals surface area contributed by atoms with Crippen LogP contribution in [0.15, 0.2) is 54.9 Å². The van der Waals surface area contributed by atoms with Crippen LogP contribution in [0.1, 0.15) is 39.2 Å². The van der Waals surface area contributed by atoms with Gasteiger partial charge in [0.05, 0.1) is 6.42 Å². The molecule has 1 unspecified atom stereocenters. The van der Waals surface area contributed by atoms with E-state index in [9.17, 15) is 29.1 Å². The zero-order valence-electron chi connectivity index (χ0n) is 23.6. The van der Waals surface area contributed by atoms with E-state index in [1.807, 2.05) is 30.3 Å². The van der Waals surface area contributed by atoms with Gasteiger partial charge < -0.3 is 21.1 Å². The molecule has 4 N–H and O–H groups in total. The Hall–Kier alpha value is -5.01. The first-order valence-corrected chi connectivity index (χ1v) is 13.4. The van der Waals surface area contributed by atoms with Gasteiger partial charge in [0.1, 0.15) is 24.7 Å². The number of ketones is 1. The van der Waals surface area contributed by atoms with E-state index in [1.54, 1.807) is 32.2 Å². The third kappa shape index (κ3) is 9.57. The standard InChI is InChI=1S/C28H34N8O6/c1-17(2)25(32-23(38)12-11-19-8-5-4-6-9-19)28(42)30-18(3)27(41)31-21(14-24(39)40)22(37)16-36-34-26(33-35-36)20-10-7-13-29-15-20/h4-10,13,15,17-18,21,25H,11-12,14,16H2,1-3H3,(H,30,42)(H,31,41)(H,32,38)(H,39,40)/t18-,21?,25-/m0/s1. The lowest BCUT2D eigenvalue weighted by Gasteiger charge is -2.25. The van der Waals surface area contributed by atoms with Gasteiger partial charge in [-0.15, -0.1) is 10.2 Å². The lowest BCUT2D eigenvalue weighted by molar-refractivity contribution is -0.140. The minimum absolute atomic E-state index is 0.180. The fourth-order valence-corrected chi connectivity index (χ4v) is 3.94. The molecule has 42 heavy (non-hydrogen) atoms. The van der Waals surface area contributed by atoms with Crippen molar-refractivity contribution < 1.29 is 29.1 Å². The number of rotatable bonds is 15. The number of nitrogens with zero attached hydrogens (tertiary/aromatic N) is 5. The van der Waals surface area contributed by atoms with Gasteiger partial charge in [-0.2, -0.15) is 4.80 Å². The molecule has 3 aromatic rings. The molecule has 0 aliphatic heterocycles. The molecular formula is C28H34N8O6. The molecule has 3 atom stereocenters. The number of benzene rings is 1. The molecule has 1 aromatic carbocycles. The highest BCUT2D eigenvalue weighted by Gasteiger charge is 2.30. The van der Waals surface area contributed by atoms with Gasteiger partial charge in [-0.25, -0.2) is 0 Å². The number of tetrazole rings is 1. The number of Topliss-reactive ketones (excluding diaryl/α,β-unsaturated/α-hetero) is 1. The average molecular weight is 579 g/mol. The van der Waals surface area contributed by atoms with Crippen LogP contribution >= 0.6 is 0 Å². The maximum absolute atomic E-state index is 13.0. The van der Waals surface area contributed by atoms with Gasteiger partial charge in [0, 0.05) is 24.4 Å². The summed E-state index contributed by atoms with van der Waals surface area (Å²) >= 11 is 0. The van der Waals surface area contributed by atoms with Crippen LogP contribution in [0.25, 0.3) is 11.4 Å². The molecule has 0 aliphatic carbocycles. The van der Waals surface area contributed by atoms with Crippen LogP contribution in [0.4, 0.5) is 0 Å². The Balaban J connectivity index is 1.57. The molecule has 222 valence electrons. The highest BCUT2D eigenvalue weighted by Crippen LogP contribution is 2.11. The zero-order chi connectivity index (χ0) is 30.6. The fraction of sp³-hybridized carbons (Fsp3) is 0.393. The lowest BCUT2D eigenvalue weighted by Crippen LogP contribution is -2.56. The number of aliphatic carboxylic acids is 1. The highest BCUT2D eigenvalue weighted by atomic mass is 16.4. The molecule has 14 nitrogen and oxygen atoms in total. The highest BCUT2D eigenvalue weighted by molar-refractivity contribution is 5.95. The molecule has 0 bridgehead atoms. The van der Waals surface area contributed by atoms with Crippen molar-refractivity contribution in [3.63, 3.8) is 0 Å². The number of pyridine rings is 1. The van der Waals surface area contributed by atoms with Crippen LogP contribution in [0.2, 0.25) is 0 Å². The largest absolute Gasteiger partial charge is 0.481 e. The molecule has 14 heteroatoms. The number of carbonyl (C=O) groups excluding carboxylic acids is 4. The summed E-state index contributed by atoms with van der Waals surface area (Å²) in [7, 11) is 0. The van der Waals surface area contributed by atoms with Crippen LogP contribution in [-0.4, -0.2) is 77.9 Å². The summed E-state index contributed by atoms with van der Waals surface area (Å²) in [6.45, 7) is 4.46. The average Bonchev–Trinajstić information content (AvgIpc) is 3.43. The zero-order valence-corrected chi connectivity index (χ0v) is 23.6. The minimum Gasteiger partial charge on any atom is -0.481 e. The number of nitrogens with one attached hydrogen (secondary N) is 3. The molecule has 3 amide bonds. The summed E-state index contributed by atoms with van der Waals surface area (Å²) < 4.78 is 0. The second kappa shape index (κ2) is 15.1.